The minimum Gasteiger partial charge on any atom is -0.206 e. The second-order valence-corrected chi connectivity index (χ2v) is 6.19. The first-order valence-corrected chi connectivity index (χ1v) is 7.74. The van der Waals surface area contributed by atoms with E-state index in [0.717, 1.165) is 37.8 Å². The first-order valence-electron chi connectivity index (χ1n) is 7.74. The van der Waals surface area contributed by atoms with Gasteiger partial charge in [0.05, 0.1) is 0 Å². The molecule has 1 aromatic carbocycles. The van der Waals surface area contributed by atoms with E-state index < -0.39 is 29.9 Å². The Morgan fingerprint density at radius 1 is 1.05 bits per heavy atom. The third-order valence-corrected chi connectivity index (χ3v) is 4.56. The number of hydrogen-bond acceptors (Lipinski definition) is 0. The molecule has 1 saturated carbocycles. The van der Waals surface area contributed by atoms with Crippen molar-refractivity contribution >= 4 is 0 Å². The molecule has 1 fully saturated rings. The van der Waals surface area contributed by atoms with E-state index in [2.05, 4.69) is 6.92 Å². The van der Waals surface area contributed by atoms with Gasteiger partial charge in [0.2, 0.25) is 0 Å². The van der Waals surface area contributed by atoms with Crippen molar-refractivity contribution in [3.63, 3.8) is 0 Å². The lowest BCUT2D eigenvalue weighted by molar-refractivity contribution is -0.0746. The van der Waals surface area contributed by atoms with Crippen molar-refractivity contribution in [2.75, 3.05) is 0 Å². The van der Waals surface area contributed by atoms with Crippen LogP contribution in [0, 0.1) is 23.5 Å². The summed E-state index contributed by atoms with van der Waals surface area (Å²) in [6.07, 6.45) is 4.47. The van der Waals surface area contributed by atoms with Crippen molar-refractivity contribution < 1.29 is 17.6 Å². The zero-order valence-electron chi connectivity index (χ0n) is 12.3. The van der Waals surface area contributed by atoms with E-state index >= 15 is 0 Å². The number of hydrogen-bond donors (Lipinski definition) is 0. The molecule has 4 heteroatoms. The van der Waals surface area contributed by atoms with Crippen LogP contribution in [0.2, 0.25) is 0 Å². The van der Waals surface area contributed by atoms with Crippen molar-refractivity contribution in [2.24, 2.45) is 11.8 Å². The van der Waals surface area contributed by atoms with Crippen molar-refractivity contribution in [1.82, 2.24) is 0 Å². The van der Waals surface area contributed by atoms with E-state index in [0.29, 0.717) is 18.8 Å². The van der Waals surface area contributed by atoms with E-state index in [-0.39, 0.29) is 5.56 Å². The standard InChI is InChI=1S/C17H22F4/c1-2-3-12-4-7-14(8-5-12)17(20,21)11-13-6-9-15(18)16(19)10-13/h6,9-10,12,14H,2-5,7-8,11H2,1H3. The molecule has 0 N–H and O–H groups in total. The van der Waals surface area contributed by atoms with Crippen LogP contribution in [0.3, 0.4) is 0 Å². The van der Waals surface area contributed by atoms with Gasteiger partial charge in [-0.1, -0.05) is 25.8 Å². The normalized spacial score (nSPS) is 23.3. The van der Waals surface area contributed by atoms with Gasteiger partial charge in [-0.25, -0.2) is 17.6 Å². The van der Waals surface area contributed by atoms with Gasteiger partial charge in [0.1, 0.15) is 0 Å². The Morgan fingerprint density at radius 2 is 1.71 bits per heavy atom. The Labute approximate surface area is 123 Å². The van der Waals surface area contributed by atoms with Gasteiger partial charge >= 0.3 is 0 Å². The maximum absolute atomic E-state index is 14.3. The zero-order valence-corrected chi connectivity index (χ0v) is 12.3. The average molecular weight is 302 g/mol. The molecule has 0 heterocycles. The predicted molar refractivity (Wildman–Crippen MR) is 75.4 cm³/mol. The lowest BCUT2D eigenvalue weighted by Gasteiger charge is -2.33. The van der Waals surface area contributed by atoms with Gasteiger partial charge in [0.15, 0.2) is 11.6 Å². The average Bonchev–Trinajstić information content (AvgIpc) is 2.44. The maximum Gasteiger partial charge on any atom is 0.254 e. The first kappa shape index (κ1) is 16.3. The summed E-state index contributed by atoms with van der Waals surface area (Å²) in [6.45, 7) is 2.11. The van der Waals surface area contributed by atoms with E-state index in [1.165, 1.54) is 6.07 Å². The highest BCUT2D eigenvalue weighted by Crippen LogP contribution is 2.41. The molecule has 0 unspecified atom stereocenters. The number of alkyl halides is 2. The SMILES string of the molecule is CCCC1CCC(C(F)(F)Cc2ccc(F)c(F)c2)CC1. The molecule has 1 aromatic rings. The topological polar surface area (TPSA) is 0 Å². The summed E-state index contributed by atoms with van der Waals surface area (Å²) in [7, 11) is 0. The quantitative estimate of drug-likeness (QED) is 0.608. The van der Waals surface area contributed by atoms with Crippen molar-refractivity contribution in [3.8, 4) is 0 Å². The lowest BCUT2D eigenvalue weighted by atomic mass is 9.76. The Balaban J connectivity index is 1.96. The number of rotatable bonds is 5. The Morgan fingerprint density at radius 3 is 2.29 bits per heavy atom. The van der Waals surface area contributed by atoms with Gasteiger partial charge in [-0.3, -0.25) is 0 Å². The Kier molecular flexibility index (Phi) is 5.28. The van der Waals surface area contributed by atoms with Crippen molar-refractivity contribution in [3.05, 3.63) is 35.4 Å². The fourth-order valence-corrected chi connectivity index (χ4v) is 3.35. The third-order valence-electron chi connectivity index (χ3n) is 4.56. The molecular weight excluding hydrogens is 280 g/mol. The molecule has 0 bridgehead atoms. The molecule has 0 saturated heterocycles. The third kappa shape index (κ3) is 4.21. The maximum atomic E-state index is 14.3. The minimum absolute atomic E-state index is 0.162. The monoisotopic (exact) mass is 302 g/mol. The van der Waals surface area contributed by atoms with Gasteiger partial charge in [-0.15, -0.1) is 0 Å². The molecule has 0 aromatic heterocycles. The molecular formula is C17H22F4. The Hall–Kier alpha value is -1.06. The van der Waals surface area contributed by atoms with Gasteiger partial charge in [-0.2, -0.15) is 0 Å². The molecule has 1 aliphatic carbocycles. The summed E-state index contributed by atoms with van der Waals surface area (Å²) in [5.41, 5.74) is 0.162. The van der Waals surface area contributed by atoms with Gasteiger partial charge in [0, 0.05) is 12.3 Å². The van der Waals surface area contributed by atoms with Crippen LogP contribution in [-0.4, -0.2) is 5.92 Å². The zero-order chi connectivity index (χ0) is 15.5. The molecule has 0 aliphatic heterocycles. The Bertz CT molecular complexity index is 462. The second kappa shape index (κ2) is 6.80. The molecule has 0 radical (unpaired) electrons. The van der Waals surface area contributed by atoms with Crippen LogP contribution in [-0.2, 0) is 6.42 Å². The summed E-state index contributed by atoms with van der Waals surface area (Å²) < 4.78 is 54.6. The highest BCUT2D eigenvalue weighted by Gasteiger charge is 2.41. The van der Waals surface area contributed by atoms with Crippen LogP contribution in [0.1, 0.15) is 51.0 Å². The van der Waals surface area contributed by atoms with Crippen molar-refractivity contribution in [1.29, 1.82) is 0 Å². The minimum atomic E-state index is -2.85. The number of benzene rings is 1. The summed E-state index contributed by atoms with van der Waals surface area (Å²) >= 11 is 0. The van der Waals surface area contributed by atoms with E-state index in [1.807, 2.05) is 0 Å². The summed E-state index contributed by atoms with van der Waals surface area (Å²) in [6, 6.07) is 3.04. The second-order valence-electron chi connectivity index (χ2n) is 6.19. The highest BCUT2D eigenvalue weighted by molar-refractivity contribution is 5.19. The van der Waals surface area contributed by atoms with Crippen molar-refractivity contribution in [2.45, 2.75) is 57.8 Å². The van der Waals surface area contributed by atoms with Crippen LogP contribution in [0.5, 0.6) is 0 Å². The fraction of sp³-hybridized carbons (Fsp3) is 0.647. The molecule has 0 atom stereocenters. The van der Waals surface area contributed by atoms with Crippen LogP contribution < -0.4 is 0 Å². The van der Waals surface area contributed by atoms with E-state index in [1.54, 1.807) is 0 Å². The molecule has 0 amide bonds. The van der Waals surface area contributed by atoms with Gasteiger partial charge in [0.25, 0.3) is 5.92 Å². The van der Waals surface area contributed by atoms with E-state index in [4.69, 9.17) is 0 Å². The lowest BCUT2D eigenvalue weighted by Crippen LogP contribution is -2.34. The van der Waals surface area contributed by atoms with Crippen LogP contribution in [0.25, 0.3) is 0 Å². The molecule has 1 aliphatic rings. The van der Waals surface area contributed by atoms with Gasteiger partial charge in [-0.05, 0) is 49.3 Å². The predicted octanol–water partition coefficient (Wildman–Crippen LogP) is 5.75. The fourth-order valence-electron chi connectivity index (χ4n) is 3.35. The molecule has 0 spiro atoms. The van der Waals surface area contributed by atoms with E-state index in [9.17, 15) is 17.6 Å². The van der Waals surface area contributed by atoms with Crippen LogP contribution in [0.4, 0.5) is 17.6 Å². The molecule has 0 nitrogen and oxygen atoms in total. The number of halogens is 4. The molecule has 21 heavy (non-hydrogen) atoms. The summed E-state index contributed by atoms with van der Waals surface area (Å²) in [5, 5.41) is 0. The van der Waals surface area contributed by atoms with Crippen LogP contribution >= 0.6 is 0 Å². The van der Waals surface area contributed by atoms with Gasteiger partial charge < -0.3 is 0 Å². The molecule has 118 valence electrons. The van der Waals surface area contributed by atoms with Crippen LogP contribution in [0.15, 0.2) is 18.2 Å². The smallest absolute Gasteiger partial charge is 0.206 e. The highest BCUT2D eigenvalue weighted by atomic mass is 19.3. The largest absolute Gasteiger partial charge is 0.254 e. The summed E-state index contributed by atoms with van der Waals surface area (Å²) in [4.78, 5) is 0. The summed E-state index contributed by atoms with van der Waals surface area (Å²) in [5.74, 6) is -4.97. The first-order chi connectivity index (χ1) is 9.92. The molecule has 2 rings (SSSR count).